The van der Waals surface area contributed by atoms with Crippen LogP contribution in [0.25, 0.3) is 0 Å². The largest absolute Gasteiger partial charge is 0.391 e. The van der Waals surface area contributed by atoms with Crippen LogP contribution in [0, 0.1) is 11.8 Å². The van der Waals surface area contributed by atoms with Crippen LogP contribution in [0.4, 0.5) is 5.82 Å². The average Bonchev–Trinajstić information content (AvgIpc) is 2.63. The van der Waals surface area contributed by atoms with E-state index >= 15 is 0 Å². The monoisotopic (exact) mass is 391 g/mol. The van der Waals surface area contributed by atoms with E-state index in [0.717, 1.165) is 0 Å². The third-order valence-corrected chi connectivity index (χ3v) is 4.55. The van der Waals surface area contributed by atoms with Crippen LogP contribution in [-0.2, 0) is 9.59 Å². The van der Waals surface area contributed by atoms with Crippen molar-refractivity contribution in [3.63, 3.8) is 0 Å². The number of nitrogens with zero attached hydrogens (tertiary/aromatic N) is 3. The molecule has 8 heteroatoms. The lowest BCUT2D eigenvalue weighted by Gasteiger charge is -2.32. The van der Waals surface area contributed by atoms with Crippen molar-refractivity contribution < 1.29 is 14.7 Å². The van der Waals surface area contributed by atoms with Crippen LogP contribution >= 0.6 is 0 Å². The summed E-state index contributed by atoms with van der Waals surface area (Å²) in [4.78, 5) is 30.3. The molecule has 1 aromatic heterocycles. The fraction of sp³-hybridized carbons (Fsp3) is 0.600. The van der Waals surface area contributed by atoms with E-state index in [9.17, 15) is 14.7 Å². The minimum atomic E-state index is -0.920. The van der Waals surface area contributed by atoms with E-state index in [4.69, 9.17) is 0 Å². The molecule has 1 aromatic rings. The molecule has 0 aliphatic heterocycles. The number of nitrogens with one attached hydrogen (secondary N) is 2. The average molecular weight is 392 g/mol. The molecule has 0 unspecified atom stereocenters. The Morgan fingerprint density at radius 3 is 2.46 bits per heavy atom. The van der Waals surface area contributed by atoms with Crippen LogP contribution < -0.4 is 10.7 Å². The normalized spacial score (nSPS) is 16.0. The topological polar surface area (TPSA) is 107 Å². The van der Waals surface area contributed by atoms with Gasteiger partial charge in [-0.2, -0.15) is 5.10 Å². The molecule has 0 saturated heterocycles. The first-order valence-corrected chi connectivity index (χ1v) is 9.49. The Kier molecular flexibility index (Phi) is 9.75. The van der Waals surface area contributed by atoms with Crippen molar-refractivity contribution in [3.05, 3.63) is 24.4 Å². The van der Waals surface area contributed by atoms with Crippen LogP contribution in [0.3, 0.4) is 0 Å². The molecular weight excluding hydrogens is 358 g/mol. The molecule has 156 valence electrons. The molecule has 0 fully saturated rings. The Hall–Kier alpha value is -2.32. The zero-order valence-electron chi connectivity index (χ0n) is 17.6. The van der Waals surface area contributed by atoms with Gasteiger partial charge in [0, 0.05) is 12.4 Å². The number of aliphatic hydroxyl groups excluding tert-OH is 1. The van der Waals surface area contributed by atoms with E-state index in [-0.39, 0.29) is 23.5 Å². The standard InChI is InChI=1S/C20H33N5O3/c1-13(2)17(15(4)26)23-20(28)18(25(5)6)19(27)14(3)10-12-22-24-16-9-7-8-11-21-16/h7-9,11-14,17-19,27H,10H2,1-6H3,(H,21,24)(H,23,28)/b22-12+/t14-,17-,18-,19-/m1/s1. The van der Waals surface area contributed by atoms with Crippen molar-refractivity contribution >= 4 is 23.7 Å². The number of carbonyl (C=O) groups is 2. The quantitative estimate of drug-likeness (QED) is 0.390. The number of amides is 1. The van der Waals surface area contributed by atoms with E-state index in [0.29, 0.717) is 12.2 Å². The minimum absolute atomic E-state index is 0.0244. The lowest BCUT2D eigenvalue weighted by Crippen LogP contribution is -2.56. The molecule has 1 amide bonds. The summed E-state index contributed by atoms with van der Waals surface area (Å²) in [6.07, 6.45) is 2.87. The maximum absolute atomic E-state index is 12.7. The van der Waals surface area contributed by atoms with Crippen molar-refractivity contribution in [1.29, 1.82) is 0 Å². The predicted octanol–water partition coefficient (Wildman–Crippen LogP) is 1.53. The van der Waals surface area contributed by atoms with Gasteiger partial charge in [-0.3, -0.25) is 19.9 Å². The molecule has 0 radical (unpaired) electrons. The van der Waals surface area contributed by atoms with Gasteiger partial charge in [0.15, 0.2) is 5.78 Å². The molecule has 28 heavy (non-hydrogen) atoms. The fourth-order valence-corrected chi connectivity index (χ4v) is 2.88. The highest BCUT2D eigenvalue weighted by Crippen LogP contribution is 2.15. The van der Waals surface area contributed by atoms with Gasteiger partial charge in [0.25, 0.3) is 0 Å². The van der Waals surface area contributed by atoms with Gasteiger partial charge in [0.1, 0.15) is 11.9 Å². The molecule has 0 bridgehead atoms. The van der Waals surface area contributed by atoms with Gasteiger partial charge in [-0.15, -0.1) is 0 Å². The molecule has 8 nitrogen and oxygen atoms in total. The Balaban J connectivity index is 2.70. The Labute approximate surface area is 167 Å². The number of ketones is 1. The summed E-state index contributed by atoms with van der Waals surface area (Å²) in [7, 11) is 3.46. The number of pyridine rings is 1. The molecule has 3 N–H and O–H groups in total. The SMILES string of the molecule is CC(=O)[C@H](NC(=O)[C@@H]([C@H](O)[C@H](C)C/C=N/Nc1ccccn1)N(C)C)C(C)C. The number of likely N-dealkylation sites (N-methyl/N-ethyl adjacent to an activating group) is 1. The van der Waals surface area contributed by atoms with Gasteiger partial charge in [-0.1, -0.05) is 26.8 Å². The molecular formula is C20H33N5O3. The first kappa shape index (κ1) is 23.7. The van der Waals surface area contributed by atoms with Gasteiger partial charge >= 0.3 is 0 Å². The molecule has 0 aliphatic carbocycles. The van der Waals surface area contributed by atoms with Crippen molar-refractivity contribution in [3.8, 4) is 0 Å². The van der Waals surface area contributed by atoms with Crippen LogP contribution in [0.2, 0.25) is 0 Å². The summed E-state index contributed by atoms with van der Waals surface area (Å²) in [5.41, 5.74) is 2.81. The summed E-state index contributed by atoms with van der Waals surface area (Å²) < 4.78 is 0. The molecule has 1 heterocycles. The number of aliphatic hydroxyl groups is 1. The van der Waals surface area contributed by atoms with Gasteiger partial charge in [-0.05, 0) is 51.4 Å². The number of rotatable bonds is 11. The Bertz CT molecular complexity index is 649. The first-order chi connectivity index (χ1) is 13.1. The molecule has 0 aromatic carbocycles. The lowest BCUT2D eigenvalue weighted by atomic mass is 9.93. The second-order valence-electron chi connectivity index (χ2n) is 7.59. The van der Waals surface area contributed by atoms with Crippen molar-refractivity contribution in [1.82, 2.24) is 15.2 Å². The first-order valence-electron chi connectivity index (χ1n) is 9.49. The summed E-state index contributed by atoms with van der Waals surface area (Å²) >= 11 is 0. The zero-order chi connectivity index (χ0) is 21.3. The van der Waals surface area contributed by atoms with Crippen molar-refractivity contribution in [2.45, 2.75) is 52.3 Å². The van der Waals surface area contributed by atoms with Crippen LogP contribution in [0.1, 0.15) is 34.1 Å². The Morgan fingerprint density at radius 2 is 1.96 bits per heavy atom. The van der Waals surface area contributed by atoms with Crippen LogP contribution in [-0.4, -0.2) is 65.2 Å². The second kappa shape index (κ2) is 11.5. The number of aromatic nitrogens is 1. The van der Waals surface area contributed by atoms with Crippen molar-refractivity contribution in [2.75, 3.05) is 19.5 Å². The van der Waals surface area contributed by atoms with E-state index < -0.39 is 18.2 Å². The fourth-order valence-electron chi connectivity index (χ4n) is 2.88. The second-order valence-corrected chi connectivity index (χ2v) is 7.59. The Morgan fingerprint density at radius 1 is 1.29 bits per heavy atom. The number of hydrogen-bond acceptors (Lipinski definition) is 7. The molecule has 0 spiro atoms. The van der Waals surface area contributed by atoms with Crippen molar-refractivity contribution in [2.24, 2.45) is 16.9 Å². The predicted molar refractivity (Wildman–Crippen MR) is 111 cm³/mol. The van der Waals surface area contributed by atoms with Crippen LogP contribution in [0.5, 0.6) is 0 Å². The van der Waals surface area contributed by atoms with E-state index in [1.165, 1.54) is 6.92 Å². The smallest absolute Gasteiger partial charge is 0.240 e. The summed E-state index contributed by atoms with van der Waals surface area (Å²) in [5.74, 6) is -0.0785. The van der Waals surface area contributed by atoms with E-state index in [1.807, 2.05) is 32.9 Å². The number of carbonyl (C=O) groups excluding carboxylic acids is 2. The van der Waals surface area contributed by atoms with Gasteiger partial charge in [0.2, 0.25) is 5.91 Å². The minimum Gasteiger partial charge on any atom is -0.391 e. The van der Waals surface area contributed by atoms with E-state index in [2.05, 4.69) is 20.8 Å². The molecule has 0 aliphatic rings. The maximum Gasteiger partial charge on any atom is 0.240 e. The summed E-state index contributed by atoms with van der Waals surface area (Å²) in [6, 6.07) is 4.12. The van der Waals surface area contributed by atoms with Crippen LogP contribution in [0.15, 0.2) is 29.5 Å². The maximum atomic E-state index is 12.7. The molecule has 4 atom stereocenters. The number of Topliss-reactive ketones (excluding diaryl/α,β-unsaturated/α-hetero) is 1. The highest BCUT2D eigenvalue weighted by molar-refractivity contribution is 5.90. The molecule has 0 saturated carbocycles. The number of anilines is 1. The molecule has 1 rings (SSSR count). The van der Waals surface area contributed by atoms with E-state index in [1.54, 1.807) is 37.5 Å². The third kappa shape index (κ3) is 7.36. The highest BCUT2D eigenvalue weighted by Gasteiger charge is 2.34. The third-order valence-electron chi connectivity index (χ3n) is 4.55. The van der Waals surface area contributed by atoms with Gasteiger partial charge in [-0.25, -0.2) is 4.98 Å². The van der Waals surface area contributed by atoms with Gasteiger partial charge < -0.3 is 10.4 Å². The van der Waals surface area contributed by atoms with Gasteiger partial charge in [0.05, 0.1) is 12.1 Å². The highest BCUT2D eigenvalue weighted by atomic mass is 16.3. The lowest BCUT2D eigenvalue weighted by molar-refractivity contribution is -0.134. The summed E-state index contributed by atoms with van der Waals surface area (Å²) in [5, 5.41) is 17.6. The summed E-state index contributed by atoms with van der Waals surface area (Å²) in [6.45, 7) is 7.06. The zero-order valence-corrected chi connectivity index (χ0v) is 17.6. The number of hydrogen-bond donors (Lipinski definition) is 3. The number of hydrazone groups is 1.